The van der Waals surface area contributed by atoms with Crippen LogP contribution >= 0.6 is 22.6 Å². The standard InChI is InChI=1S/C28H20IN3O5/c1-35-23-15-17(12-13-21(23)37-28(34)22-11-6-14-36-22)16-30-32-27(33)26-24(18-7-3-2-4-8-18)19-9-5-10-20(29)25(19)31-26/h2-16,31H,1H3,(H,32,33). The van der Waals surface area contributed by atoms with Gasteiger partial charge in [-0.2, -0.15) is 5.10 Å². The molecule has 0 aliphatic rings. The number of aromatic amines is 1. The number of nitrogens with zero attached hydrogens (tertiary/aromatic N) is 1. The van der Waals surface area contributed by atoms with Crippen molar-refractivity contribution in [1.82, 2.24) is 10.4 Å². The smallest absolute Gasteiger partial charge is 0.379 e. The molecule has 0 radical (unpaired) electrons. The lowest BCUT2D eigenvalue weighted by Gasteiger charge is -2.09. The summed E-state index contributed by atoms with van der Waals surface area (Å²) in [7, 11) is 1.46. The van der Waals surface area contributed by atoms with Crippen molar-refractivity contribution < 1.29 is 23.5 Å². The lowest BCUT2D eigenvalue weighted by atomic mass is 10.0. The van der Waals surface area contributed by atoms with Gasteiger partial charge in [0.25, 0.3) is 5.91 Å². The van der Waals surface area contributed by atoms with Gasteiger partial charge < -0.3 is 18.9 Å². The molecule has 0 aliphatic carbocycles. The fraction of sp³-hybridized carbons (Fsp3) is 0.0357. The van der Waals surface area contributed by atoms with Crippen LogP contribution < -0.4 is 14.9 Å². The Hall–Kier alpha value is -4.38. The van der Waals surface area contributed by atoms with Crippen molar-refractivity contribution in [3.8, 4) is 22.6 Å². The van der Waals surface area contributed by atoms with Gasteiger partial charge in [0.05, 0.1) is 25.1 Å². The summed E-state index contributed by atoms with van der Waals surface area (Å²) in [5, 5.41) is 5.08. The summed E-state index contributed by atoms with van der Waals surface area (Å²) in [6, 6.07) is 23.7. The Morgan fingerprint density at radius 2 is 1.84 bits per heavy atom. The predicted molar refractivity (Wildman–Crippen MR) is 148 cm³/mol. The quantitative estimate of drug-likeness (QED) is 0.0776. The molecular weight excluding hydrogens is 585 g/mol. The molecule has 8 nitrogen and oxygen atoms in total. The fourth-order valence-corrected chi connectivity index (χ4v) is 4.50. The second-order valence-electron chi connectivity index (χ2n) is 7.88. The third-order valence-electron chi connectivity index (χ3n) is 5.56. The lowest BCUT2D eigenvalue weighted by molar-refractivity contribution is 0.0696. The molecule has 0 saturated heterocycles. The number of rotatable bonds is 7. The predicted octanol–water partition coefficient (Wildman–Crippen LogP) is 6.02. The molecule has 2 N–H and O–H groups in total. The molecule has 0 bridgehead atoms. The number of carbonyl (C=O) groups is 2. The number of hydrogen-bond donors (Lipinski definition) is 2. The minimum Gasteiger partial charge on any atom is -0.493 e. The zero-order valence-electron chi connectivity index (χ0n) is 19.5. The van der Waals surface area contributed by atoms with E-state index in [9.17, 15) is 9.59 Å². The summed E-state index contributed by atoms with van der Waals surface area (Å²) in [6.07, 6.45) is 2.87. The number of hydrazone groups is 1. The minimum atomic E-state index is -0.640. The van der Waals surface area contributed by atoms with Crippen LogP contribution in [-0.2, 0) is 0 Å². The number of aromatic nitrogens is 1. The number of furan rings is 1. The first-order chi connectivity index (χ1) is 18.0. The van der Waals surface area contributed by atoms with Gasteiger partial charge in [0, 0.05) is 14.5 Å². The molecule has 5 rings (SSSR count). The molecule has 0 aliphatic heterocycles. The Morgan fingerprint density at radius 3 is 2.59 bits per heavy atom. The number of carbonyl (C=O) groups excluding carboxylic acids is 2. The van der Waals surface area contributed by atoms with E-state index in [4.69, 9.17) is 13.9 Å². The van der Waals surface area contributed by atoms with Gasteiger partial charge in [0.15, 0.2) is 11.5 Å². The van der Waals surface area contributed by atoms with Crippen molar-refractivity contribution in [2.24, 2.45) is 5.10 Å². The number of H-pyrrole nitrogens is 1. The van der Waals surface area contributed by atoms with Gasteiger partial charge in [-0.3, -0.25) is 4.79 Å². The summed E-state index contributed by atoms with van der Waals surface area (Å²) in [6.45, 7) is 0. The van der Waals surface area contributed by atoms with Crippen molar-refractivity contribution in [3.63, 3.8) is 0 Å². The first kappa shape index (κ1) is 24.3. The highest BCUT2D eigenvalue weighted by atomic mass is 127. The molecule has 5 aromatic rings. The monoisotopic (exact) mass is 605 g/mol. The Bertz CT molecular complexity index is 1610. The van der Waals surface area contributed by atoms with E-state index in [2.05, 4.69) is 38.1 Å². The first-order valence-corrected chi connectivity index (χ1v) is 12.3. The number of nitrogens with one attached hydrogen (secondary N) is 2. The van der Waals surface area contributed by atoms with E-state index >= 15 is 0 Å². The highest BCUT2D eigenvalue weighted by Crippen LogP contribution is 2.34. The molecule has 0 saturated carbocycles. The Labute approximate surface area is 225 Å². The van der Waals surface area contributed by atoms with Crippen molar-refractivity contribution in [2.45, 2.75) is 0 Å². The van der Waals surface area contributed by atoms with Crippen LogP contribution in [0.3, 0.4) is 0 Å². The van der Waals surface area contributed by atoms with Crippen LogP contribution in [0.1, 0.15) is 26.6 Å². The molecular formula is C28H20IN3O5. The van der Waals surface area contributed by atoms with Crippen LogP contribution in [0.4, 0.5) is 0 Å². The van der Waals surface area contributed by atoms with E-state index < -0.39 is 5.97 Å². The third kappa shape index (κ3) is 5.12. The van der Waals surface area contributed by atoms with Gasteiger partial charge in [-0.15, -0.1) is 0 Å². The zero-order chi connectivity index (χ0) is 25.8. The van der Waals surface area contributed by atoms with Crippen molar-refractivity contribution in [3.05, 3.63) is 106 Å². The van der Waals surface area contributed by atoms with Crippen LogP contribution in [0.2, 0.25) is 0 Å². The number of para-hydroxylation sites is 1. The molecule has 2 heterocycles. The normalized spacial score (nSPS) is 11.1. The van der Waals surface area contributed by atoms with Crippen LogP contribution in [0, 0.1) is 3.57 Å². The van der Waals surface area contributed by atoms with Crippen LogP contribution in [0.15, 0.2) is 94.6 Å². The molecule has 2 aromatic heterocycles. The van der Waals surface area contributed by atoms with Crippen LogP contribution in [0.5, 0.6) is 11.5 Å². The van der Waals surface area contributed by atoms with E-state index in [1.807, 2.05) is 48.5 Å². The minimum absolute atomic E-state index is 0.0805. The summed E-state index contributed by atoms with van der Waals surface area (Å²) < 4.78 is 16.8. The molecule has 1 amide bonds. The average Bonchev–Trinajstić information content (AvgIpc) is 3.59. The van der Waals surface area contributed by atoms with Gasteiger partial charge in [0.2, 0.25) is 5.76 Å². The maximum Gasteiger partial charge on any atom is 0.379 e. The second-order valence-corrected chi connectivity index (χ2v) is 9.04. The average molecular weight is 605 g/mol. The Morgan fingerprint density at radius 1 is 1.00 bits per heavy atom. The summed E-state index contributed by atoms with van der Waals surface area (Å²) in [5.74, 6) is -0.383. The number of fused-ring (bicyclic) bond motifs is 1. The Kier molecular flexibility index (Phi) is 7.04. The molecule has 3 aromatic carbocycles. The molecule has 184 valence electrons. The molecule has 0 fully saturated rings. The largest absolute Gasteiger partial charge is 0.493 e. The number of esters is 1. The highest BCUT2D eigenvalue weighted by Gasteiger charge is 2.20. The lowest BCUT2D eigenvalue weighted by Crippen LogP contribution is -2.18. The van der Waals surface area contributed by atoms with E-state index in [1.54, 1.807) is 24.3 Å². The first-order valence-electron chi connectivity index (χ1n) is 11.2. The number of methoxy groups -OCH3 is 1. The van der Waals surface area contributed by atoms with Gasteiger partial charge in [0.1, 0.15) is 5.69 Å². The van der Waals surface area contributed by atoms with Crippen LogP contribution in [0.25, 0.3) is 22.0 Å². The number of hydrogen-bond acceptors (Lipinski definition) is 6. The topological polar surface area (TPSA) is 106 Å². The van der Waals surface area contributed by atoms with Gasteiger partial charge in [-0.1, -0.05) is 42.5 Å². The number of halogens is 1. The maximum atomic E-state index is 13.2. The van der Waals surface area contributed by atoms with E-state index in [0.717, 1.165) is 25.6 Å². The van der Waals surface area contributed by atoms with E-state index in [0.29, 0.717) is 17.0 Å². The molecule has 37 heavy (non-hydrogen) atoms. The maximum absolute atomic E-state index is 13.2. The number of amides is 1. The molecule has 0 atom stereocenters. The number of ether oxygens (including phenoxy) is 2. The van der Waals surface area contributed by atoms with Gasteiger partial charge in [-0.05, 0) is 70.1 Å². The number of benzene rings is 3. The molecule has 0 spiro atoms. The summed E-state index contributed by atoms with van der Waals surface area (Å²) in [5.41, 5.74) is 6.27. The summed E-state index contributed by atoms with van der Waals surface area (Å²) in [4.78, 5) is 28.6. The second kappa shape index (κ2) is 10.7. The van der Waals surface area contributed by atoms with Gasteiger partial charge in [-0.25, -0.2) is 10.2 Å². The molecule has 9 heteroatoms. The zero-order valence-corrected chi connectivity index (χ0v) is 21.7. The third-order valence-corrected chi connectivity index (χ3v) is 6.46. The van der Waals surface area contributed by atoms with E-state index in [-0.39, 0.29) is 17.4 Å². The fourth-order valence-electron chi connectivity index (χ4n) is 3.87. The van der Waals surface area contributed by atoms with Crippen molar-refractivity contribution in [2.75, 3.05) is 7.11 Å². The van der Waals surface area contributed by atoms with Gasteiger partial charge >= 0.3 is 5.97 Å². The van der Waals surface area contributed by atoms with Crippen LogP contribution in [-0.4, -0.2) is 30.2 Å². The van der Waals surface area contributed by atoms with Crippen molar-refractivity contribution in [1.29, 1.82) is 0 Å². The van der Waals surface area contributed by atoms with Crippen molar-refractivity contribution >= 4 is 51.6 Å². The van der Waals surface area contributed by atoms with E-state index in [1.165, 1.54) is 25.7 Å². The highest BCUT2D eigenvalue weighted by molar-refractivity contribution is 14.1. The summed E-state index contributed by atoms with van der Waals surface area (Å²) >= 11 is 2.25. The SMILES string of the molecule is COc1cc(C=NNC(=O)c2[nH]c3c(I)cccc3c2-c2ccccc2)ccc1OC(=O)c1ccco1. The Balaban J connectivity index is 1.37. The molecule has 0 unspecified atom stereocenters.